The van der Waals surface area contributed by atoms with Crippen LogP contribution in [-0.4, -0.2) is 30.4 Å². The summed E-state index contributed by atoms with van der Waals surface area (Å²) in [7, 11) is 0. The first kappa shape index (κ1) is 18.4. The fourth-order valence-corrected chi connectivity index (χ4v) is 4.05. The third-order valence-electron chi connectivity index (χ3n) is 5.54. The lowest BCUT2D eigenvalue weighted by molar-refractivity contribution is -0.132. The summed E-state index contributed by atoms with van der Waals surface area (Å²) in [4.78, 5) is 27.5. The smallest absolute Gasteiger partial charge is 0.300 e. The summed E-state index contributed by atoms with van der Waals surface area (Å²) < 4.78 is 27.0. The lowest BCUT2D eigenvalue weighted by Gasteiger charge is -2.23. The van der Waals surface area contributed by atoms with Crippen molar-refractivity contribution in [2.45, 2.75) is 6.04 Å². The average Bonchev–Trinajstić information content (AvgIpc) is 3.60. The molecule has 0 radical (unpaired) electrons. The van der Waals surface area contributed by atoms with E-state index in [2.05, 4.69) is 0 Å². The van der Waals surface area contributed by atoms with Gasteiger partial charge in [0.1, 0.15) is 17.6 Å². The second-order valence-electron chi connectivity index (χ2n) is 7.29. The van der Waals surface area contributed by atoms with Crippen LogP contribution < -0.4 is 23.8 Å². The number of hydrogen-bond acceptors (Lipinski definition) is 8. The molecule has 1 N–H and O–H groups in total. The molecule has 2 aromatic carbocycles. The molecule has 3 aromatic rings. The Kier molecular flexibility index (Phi) is 3.91. The fourth-order valence-electron chi connectivity index (χ4n) is 4.05. The van der Waals surface area contributed by atoms with E-state index in [0.29, 0.717) is 40.0 Å². The lowest BCUT2D eigenvalue weighted by Crippen LogP contribution is -2.29. The number of furan rings is 1. The largest absolute Gasteiger partial charge is 0.507 e. The quantitative estimate of drug-likeness (QED) is 0.381. The molecule has 4 heterocycles. The van der Waals surface area contributed by atoms with E-state index < -0.39 is 17.7 Å². The van der Waals surface area contributed by atoms with E-state index in [1.54, 1.807) is 48.5 Å². The Balaban J connectivity index is 1.51. The number of hydrogen-bond donors (Lipinski definition) is 1. The summed E-state index contributed by atoms with van der Waals surface area (Å²) in [5, 5.41) is 11.1. The number of anilines is 1. The molecule has 0 bridgehead atoms. The van der Waals surface area contributed by atoms with Crippen molar-refractivity contribution >= 4 is 23.1 Å². The number of rotatable bonds is 3. The van der Waals surface area contributed by atoms with Crippen LogP contribution in [0, 0.1) is 0 Å². The van der Waals surface area contributed by atoms with Gasteiger partial charge in [0.25, 0.3) is 11.7 Å². The first-order valence-electron chi connectivity index (χ1n) is 9.76. The zero-order chi connectivity index (χ0) is 21.8. The van der Waals surface area contributed by atoms with Crippen LogP contribution in [0.2, 0.25) is 0 Å². The Labute approximate surface area is 181 Å². The van der Waals surface area contributed by atoms with Gasteiger partial charge in [-0.3, -0.25) is 14.5 Å². The number of ketones is 1. The van der Waals surface area contributed by atoms with Crippen LogP contribution in [0.1, 0.15) is 17.4 Å². The molecule has 1 saturated heterocycles. The number of carbonyl (C=O) groups excluding carboxylic acids is 2. The number of fused-ring (bicyclic) bond motifs is 2. The minimum absolute atomic E-state index is 0.0699. The van der Waals surface area contributed by atoms with Crippen LogP contribution in [-0.2, 0) is 9.59 Å². The molecule has 1 amide bonds. The van der Waals surface area contributed by atoms with Crippen LogP contribution in [0.4, 0.5) is 5.69 Å². The number of ether oxygens (including phenoxy) is 4. The third-order valence-corrected chi connectivity index (χ3v) is 5.54. The van der Waals surface area contributed by atoms with Crippen molar-refractivity contribution in [3.63, 3.8) is 0 Å². The van der Waals surface area contributed by atoms with Gasteiger partial charge < -0.3 is 28.5 Å². The molecule has 3 aliphatic rings. The maximum absolute atomic E-state index is 13.1. The monoisotopic (exact) mass is 433 g/mol. The molecule has 160 valence electrons. The molecule has 1 atom stereocenters. The number of Topliss-reactive ketones (excluding diaryl/α,β-unsaturated/α-hetero) is 1. The zero-order valence-corrected chi connectivity index (χ0v) is 16.4. The van der Waals surface area contributed by atoms with Crippen molar-refractivity contribution in [3.05, 3.63) is 71.7 Å². The Hall–Kier alpha value is -4.40. The minimum atomic E-state index is -0.976. The van der Waals surface area contributed by atoms with Crippen molar-refractivity contribution < 1.29 is 38.1 Å². The van der Waals surface area contributed by atoms with E-state index in [4.69, 9.17) is 23.4 Å². The van der Waals surface area contributed by atoms with Crippen LogP contribution in [0.3, 0.4) is 0 Å². The second-order valence-corrected chi connectivity index (χ2v) is 7.29. The molecule has 9 heteroatoms. The van der Waals surface area contributed by atoms with E-state index in [0.717, 1.165) is 0 Å². The molecule has 0 spiro atoms. The number of aliphatic hydroxyl groups excluding tert-OH is 1. The standard InChI is InChI=1S/C23H15NO8/c25-21(12-3-5-14-17(8-12)31-10-29-14)19-20(16-2-1-7-28-16)24(23(27)22(19)26)13-4-6-15-18(9-13)32-11-30-15/h1-9,20,25H,10-11H2/b21-19-. The van der Waals surface area contributed by atoms with Gasteiger partial charge in [0, 0.05) is 17.3 Å². The number of benzene rings is 2. The van der Waals surface area contributed by atoms with Crippen LogP contribution in [0.15, 0.2) is 64.8 Å². The Morgan fingerprint density at radius 3 is 2.28 bits per heavy atom. The first-order chi connectivity index (χ1) is 15.6. The molecule has 9 nitrogen and oxygen atoms in total. The van der Waals surface area contributed by atoms with Gasteiger partial charge in [0.2, 0.25) is 13.6 Å². The van der Waals surface area contributed by atoms with E-state index >= 15 is 0 Å². The molecule has 0 saturated carbocycles. The summed E-state index contributed by atoms with van der Waals surface area (Å²) in [5.74, 6) is 0.319. The molecule has 1 aromatic heterocycles. The van der Waals surface area contributed by atoms with Gasteiger partial charge in [-0.1, -0.05) is 0 Å². The molecule has 1 fully saturated rings. The van der Waals surface area contributed by atoms with Crippen LogP contribution in [0.5, 0.6) is 23.0 Å². The predicted molar refractivity (Wildman–Crippen MR) is 109 cm³/mol. The summed E-state index contributed by atoms with van der Waals surface area (Å²) in [5.41, 5.74) is 0.624. The van der Waals surface area contributed by atoms with Gasteiger partial charge >= 0.3 is 0 Å². The van der Waals surface area contributed by atoms with E-state index in [9.17, 15) is 14.7 Å². The third kappa shape index (κ3) is 2.64. The van der Waals surface area contributed by atoms with Gasteiger partial charge in [0.15, 0.2) is 23.0 Å². The van der Waals surface area contributed by atoms with E-state index in [-0.39, 0.29) is 24.9 Å². The average molecular weight is 433 g/mol. The summed E-state index contributed by atoms with van der Waals surface area (Å²) >= 11 is 0. The normalized spacial score (nSPS) is 20.2. The van der Waals surface area contributed by atoms with Gasteiger partial charge in [-0.2, -0.15) is 0 Å². The fraction of sp³-hybridized carbons (Fsp3) is 0.130. The number of nitrogens with zero attached hydrogens (tertiary/aromatic N) is 1. The Morgan fingerprint density at radius 1 is 0.875 bits per heavy atom. The molecule has 32 heavy (non-hydrogen) atoms. The van der Waals surface area contributed by atoms with Crippen molar-refractivity contribution in [1.29, 1.82) is 0 Å². The highest BCUT2D eigenvalue weighted by Gasteiger charge is 2.48. The first-order valence-corrected chi connectivity index (χ1v) is 9.76. The van der Waals surface area contributed by atoms with Crippen molar-refractivity contribution in [2.75, 3.05) is 18.5 Å². The topological polar surface area (TPSA) is 108 Å². The van der Waals surface area contributed by atoms with Crippen LogP contribution >= 0.6 is 0 Å². The summed E-state index contributed by atoms with van der Waals surface area (Å²) in [6, 6.07) is 12.0. The van der Waals surface area contributed by atoms with E-state index in [1.165, 1.54) is 11.2 Å². The van der Waals surface area contributed by atoms with Gasteiger partial charge in [0.05, 0.1) is 11.8 Å². The molecule has 3 aliphatic heterocycles. The maximum Gasteiger partial charge on any atom is 0.300 e. The molecule has 0 aliphatic carbocycles. The lowest BCUT2D eigenvalue weighted by atomic mass is 9.99. The maximum atomic E-state index is 13.1. The SMILES string of the molecule is O=C1C(=O)N(c2ccc3c(c2)OCO3)C(c2ccco2)/C1=C(/O)c1ccc2c(c1)OCO2. The predicted octanol–water partition coefficient (Wildman–Crippen LogP) is 3.36. The number of aliphatic hydroxyl groups is 1. The zero-order valence-electron chi connectivity index (χ0n) is 16.4. The summed E-state index contributed by atoms with van der Waals surface area (Å²) in [6.07, 6.45) is 1.44. The molecule has 1 unspecified atom stereocenters. The highest BCUT2D eigenvalue weighted by atomic mass is 16.7. The van der Waals surface area contributed by atoms with Crippen LogP contribution in [0.25, 0.3) is 5.76 Å². The summed E-state index contributed by atoms with van der Waals surface area (Å²) in [6.45, 7) is 0.143. The van der Waals surface area contributed by atoms with Gasteiger partial charge in [-0.05, 0) is 42.5 Å². The second kappa shape index (κ2) is 6.81. The molecule has 6 rings (SSSR count). The number of carbonyl (C=O) groups is 2. The van der Waals surface area contributed by atoms with Gasteiger partial charge in [-0.15, -0.1) is 0 Å². The van der Waals surface area contributed by atoms with Crippen molar-refractivity contribution in [2.24, 2.45) is 0 Å². The minimum Gasteiger partial charge on any atom is -0.507 e. The highest BCUT2D eigenvalue weighted by molar-refractivity contribution is 6.51. The van der Waals surface area contributed by atoms with Crippen molar-refractivity contribution in [3.8, 4) is 23.0 Å². The van der Waals surface area contributed by atoms with E-state index in [1.807, 2.05) is 0 Å². The molecular formula is C23H15NO8. The highest BCUT2D eigenvalue weighted by Crippen LogP contribution is 2.45. The Bertz CT molecular complexity index is 1290. The molecular weight excluding hydrogens is 418 g/mol. The number of amides is 1. The van der Waals surface area contributed by atoms with Crippen molar-refractivity contribution in [1.82, 2.24) is 0 Å². The Morgan fingerprint density at radius 2 is 1.56 bits per heavy atom. The van der Waals surface area contributed by atoms with Gasteiger partial charge in [-0.25, -0.2) is 0 Å².